The average molecular weight is 580 g/mol. The highest BCUT2D eigenvalue weighted by Gasteiger charge is 2.25. The maximum absolute atomic E-state index is 12.6. The van der Waals surface area contributed by atoms with E-state index in [4.69, 9.17) is 27.9 Å². The van der Waals surface area contributed by atoms with Crippen LogP contribution in [0.5, 0.6) is 5.75 Å². The molecule has 1 saturated heterocycles. The number of likely N-dealkylation sites (tertiary alicyclic amines) is 1. The van der Waals surface area contributed by atoms with Crippen LogP contribution in [0.3, 0.4) is 0 Å². The van der Waals surface area contributed by atoms with E-state index in [0.717, 1.165) is 78.9 Å². The highest BCUT2D eigenvalue weighted by molar-refractivity contribution is 6.36. The Bertz CT molecular complexity index is 1450. The molecule has 0 aromatic heterocycles. The van der Waals surface area contributed by atoms with Gasteiger partial charge in [-0.2, -0.15) is 0 Å². The molecule has 0 spiro atoms. The Kier molecular flexibility index (Phi) is 9.31. The smallest absolute Gasteiger partial charge is 0.119 e. The number of hydrogen-bond acceptors (Lipinski definition) is 4. The molecule has 40 heavy (non-hydrogen) atoms. The normalized spacial score (nSPS) is 17.2. The molecular formula is C33H33Cl2FN2O2. The average Bonchev–Trinajstić information content (AvgIpc) is 3.32. The van der Waals surface area contributed by atoms with Crippen molar-refractivity contribution in [3.05, 3.63) is 111 Å². The van der Waals surface area contributed by atoms with Gasteiger partial charge < -0.3 is 4.74 Å². The molecule has 2 N–H and O–H groups in total. The van der Waals surface area contributed by atoms with E-state index in [0.29, 0.717) is 22.2 Å². The molecule has 3 aromatic carbocycles. The summed E-state index contributed by atoms with van der Waals surface area (Å²) in [5, 5.41) is 10.8. The van der Waals surface area contributed by atoms with Gasteiger partial charge >= 0.3 is 0 Å². The van der Waals surface area contributed by atoms with Crippen molar-refractivity contribution in [1.29, 1.82) is 0 Å². The zero-order valence-electron chi connectivity index (χ0n) is 22.4. The standard InChI is InChI=1S/C33H33Cl2FN2O2/c1-2-32(37-39)24-9-13-28-23(19-24)5-3-6-30(29-14-10-25(34)20-31(29)35)33(28)22-7-11-26(12-8-22)40-27-15-18-38(21-27)17-4-16-36/h7-14,19-20,27,37,39H,1,3-6,15-18,21H2/t27-/m0/s1. The van der Waals surface area contributed by atoms with Crippen molar-refractivity contribution < 1.29 is 14.3 Å². The molecule has 1 aliphatic heterocycles. The number of alkyl halides is 1. The third-order valence-electron chi connectivity index (χ3n) is 7.67. The number of nitrogens with one attached hydrogen (secondary N) is 1. The zero-order valence-corrected chi connectivity index (χ0v) is 23.9. The van der Waals surface area contributed by atoms with Gasteiger partial charge in [-0.25, -0.2) is 0 Å². The number of fused-ring (bicyclic) bond motifs is 1. The second-order valence-electron chi connectivity index (χ2n) is 10.3. The summed E-state index contributed by atoms with van der Waals surface area (Å²) in [4.78, 5) is 2.27. The molecule has 0 radical (unpaired) electrons. The summed E-state index contributed by atoms with van der Waals surface area (Å²) < 4.78 is 18.9. The first-order valence-corrected chi connectivity index (χ1v) is 14.4. The van der Waals surface area contributed by atoms with Gasteiger partial charge in [0.25, 0.3) is 0 Å². The van der Waals surface area contributed by atoms with Gasteiger partial charge in [-0.05, 0) is 95.8 Å². The highest BCUT2D eigenvalue weighted by Crippen LogP contribution is 2.43. The van der Waals surface area contributed by atoms with Crippen molar-refractivity contribution in [2.24, 2.45) is 0 Å². The van der Waals surface area contributed by atoms with Gasteiger partial charge in [0.15, 0.2) is 0 Å². The summed E-state index contributed by atoms with van der Waals surface area (Å²) >= 11 is 13.0. The van der Waals surface area contributed by atoms with Crippen molar-refractivity contribution in [3.63, 3.8) is 0 Å². The molecule has 208 valence electrons. The molecule has 0 amide bonds. The van der Waals surface area contributed by atoms with Crippen molar-refractivity contribution in [2.45, 2.75) is 38.2 Å². The van der Waals surface area contributed by atoms with E-state index in [1.807, 2.05) is 30.3 Å². The summed E-state index contributed by atoms with van der Waals surface area (Å²) in [6.07, 6.45) is 4.28. The predicted octanol–water partition coefficient (Wildman–Crippen LogP) is 8.21. The molecule has 7 heteroatoms. The number of hydrogen-bond donors (Lipinski definition) is 2. The Morgan fingerprint density at radius 2 is 1.88 bits per heavy atom. The molecule has 0 unspecified atom stereocenters. The molecule has 1 heterocycles. The lowest BCUT2D eigenvalue weighted by molar-refractivity contribution is 0.198. The van der Waals surface area contributed by atoms with Crippen molar-refractivity contribution in [3.8, 4) is 5.75 Å². The lowest BCUT2D eigenvalue weighted by atomic mass is 9.87. The minimum Gasteiger partial charge on any atom is -0.489 e. The van der Waals surface area contributed by atoms with Crippen LogP contribution >= 0.6 is 23.2 Å². The number of allylic oxidation sites excluding steroid dienone is 1. The molecule has 5 rings (SSSR count). The first-order chi connectivity index (χ1) is 19.5. The minimum atomic E-state index is -0.280. The van der Waals surface area contributed by atoms with Crippen LogP contribution in [0.1, 0.15) is 53.5 Å². The Labute approximate surface area is 245 Å². The molecule has 2 aliphatic rings. The lowest BCUT2D eigenvalue weighted by Gasteiger charge is -2.19. The number of hydroxylamine groups is 1. The van der Waals surface area contributed by atoms with Gasteiger partial charge in [0, 0.05) is 35.2 Å². The minimum absolute atomic E-state index is 0.109. The van der Waals surface area contributed by atoms with Crippen LogP contribution in [0.25, 0.3) is 16.8 Å². The maximum atomic E-state index is 12.6. The van der Waals surface area contributed by atoms with Gasteiger partial charge in [-0.15, -0.1) is 5.73 Å². The Hall–Kier alpha value is -3.05. The van der Waals surface area contributed by atoms with Gasteiger partial charge in [0.1, 0.15) is 17.6 Å². The van der Waals surface area contributed by atoms with Crippen LogP contribution in [-0.4, -0.2) is 42.5 Å². The summed E-state index contributed by atoms with van der Waals surface area (Å²) in [5.74, 6) is 0.826. The second kappa shape index (κ2) is 13.1. The Morgan fingerprint density at radius 3 is 2.60 bits per heavy atom. The topological polar surface area (TPSA) is 44.7 Å². The first kappa shape index (κ1) is 28.5. The number of aryl methyl sites for hydroxylation is 1. The van der Waals surface area contributed by atoms with E-state index < -0.39 is 0 Å². The highest BCUT2D eigenvalue weighted by atomic mass is 35.5. The molecule has 1 atom stereocenters. The molecular weight excluding hydrogens is 546 g/mol. The summed E-state index contributed by atoms with van der Waals surface area (Å²) in [7, 11) is 0. The molecule has 4 nitrogen and oxygen atoms in total. The van der Waals surface area contributed by atoms with E-state index >= 15 is 0 Å². The quantitative estimate of drug-likeness (QED) is 0.198. The second-order valence-corrected chi connectivity index (χ2v) is 11.1. The van der Waals surface area contributed by atoms with Crippen LogP contribution in [-0.2, 0) is 6.42 Å². The Morgan fingerprint density at radius 1 is 1.07 bits per heavy atom. The van der Waals surface area contributed by atoms with Gasteiger partial charge in [0.2, 0.25) is 0 Å². The molecule has 1 fully saturated rings. The van der Waals surface area contributed by atoms with E-state index in [9.17, 15) is 9.60 Å². The van der Waals surface area contributed by atoms with Crippen LogP contribution in [0.2, 0.25) is 10.0 Å². The molecule has 3 aromatic rings. The fraction of sp³-hybridized carbons (Fsp3) is 0.303. The van der Waals surface area contributed by atoms with Crippen LogP contribution in [0.15, 0.2) is 73.0 Å². The molecule has 0 saturated carbocycles. The number of rotatable bonds is 9. The summed E-state index contributed by atoms with van der Waals surface area (Å²) in [6.45, 7) is 5.94. The maximum Gasteiger partial charge on any atom is 0.119 e. The largest absolute Gasteiger partial charge is 0.489 e. The third kappa shape index (κ3) is 6.30. The van der Waals surface area contributed by atoms with E-state index in [-0.39, 0.29) is 12.8 Å². The van der Waals surface area contributed by atoms with Gasteiger partial charge in [0.05, 0.1) is 6.67 Å². The van der Waals surface area contributed by atoms with Crippen LogP contribution < -0.4 is 10.2 Å². The zero-order chi connectivity index (χ0) is 28.1. The van der Waals surface area contributed by atoms with Crippen LogP contribution in [0.4, 0.5) is 4.39 Å². The SMILES string of the molecule is C=C=C(NO)c1ccc2c(c1)CCCC(c1ccc(Cl)cc1Cl)=C2c1ccc(O[C@H]2CCN(CCCF)C2)cc1. The molecule has 1 aliphatic carbocycles. The number of benzene rings is 3. The third-order valence-corrected chi connectivity index (χ3v) is 8.21. The predicted molar refractivity (Wildman–Crippen MR) is 162 cm³/mol. The van der Waals surface area contributed by atoms with E-state index in [1.54, 1.807) is 6.07 Å². The monoisotopic (exact) mass is 578 g/mol. The number of ether oxygens (including phenoxy) is 1. The Balaban J connectivity index is 1.53. The number of nitrogens with zero attached hydrogens (tertiary/aromatic N) is 1. The van der Waals surface area contributed by atoms with E-state index in [2.05, 4.69) is 47.0 Å². The fourth-order valence-electron chi connectivity index (χ4n) is 5.75. The number of halogens is 3. The first-order valence-electron chi connectivity index (χ1n) is 13.7. The van der Waals surface area contributed by atoms with Crippen LogP contribution in [0, 0.1) is 0 Å². The van der Waals surface area contributed by atoms with Gasteiger partial charge in [-0.1, -0.05) is 60.1 Å². The van der Waals surface area contributed by atoms with Crippen molar-refractivity contribution in [1.82, 2.24) is 10.4 Å². The summed E-state index contributed by atoms with van der Waals surface area (Å²) in [5.41, 5.74) is 12.8. The molecule has 0 bridgehead atoms. The fourth-order valence-corrected chi connectivity index (χ4v) is 6.28. The van der Waals surface area contributed by atoms with E-state index in [1.165, 1.54) is 11.1 Å². The van der Waals surface area contributed by atoms with Crippen molar-refractivity contribution in [2.75, 3.05) is 26.3 Å². The van der Waals surface area contributed by atoms with Crippen molar-refractivity contribution >= 4 is 40.0 Å². The summed E-state index contributed by atoms with van der Waals surface area (Å²) in [6, 6.07) is 20.1. The lowest BCUT2D eigenvalue weighted by Crippen LogP contribution is -2.26. The van der Waals surface area contributed by atoms with Gasteiger partial charge in [-0.3, -0.25) is 20.0 Å².